The summed E-state index contributed by atoms with van der Waals surface area (Å²) in [6.45, 7) is 0.955. The third-order valence-electron chi connectivity index (χ3n) is 3.06. The largest absolute Gasteiger partial charge is 0.372 e. The van der Waals surface area contributed by atoms with Crippen LogP contribution >= 0.6 is 23.2 Å². The van der Waals surface area contributed by atoms with Crippen LogP contribution in [0.3, 0.4) is 0 Å². The second kappa shape index (κ2) is 5.88. The van der Waals surface area contributed by atoms with Crippen molar-refractivity contribution in [1.82, 2.24) is 4.98 Å². The standard InChI is InChI=1S/C16H13Cl2NO/c17-14-3-1-12(8-15(14)18)10-20-9-11-2-4-16-13(7-11)5-6-19-16/h1-8,19H,9-10H2/i5D. The first-order valence-corrected chi connectivity index (χ1v) is 6.97. The van der Waals surface area contributed by atoms with E-state index in [0.717, 1.165) is 22.0 Å². The Bertz CT molecular complexity index is 785. The first-order chi connectivity index (χ1) is 10.1. The second-order valence-electron chi connectivity index (χ2n) is 4.55. The number of ether oxygens (including phenoxy) is 1. The van der Waals surface area contributed by atoms with Crippen molar-refractivity contribution in [2.45, 2.75) is 13.2 Å². The molecule has 0 fully saturated rings. The van der Waals surface area contributed by atoms with Crippen molar-refractivity contribution in [3.05, 3.63) is 69.8 Å². The van der Waals surface area contributed by atoms with Gasteiger partial charge in [-0.1, -0.05) is 35.3 Å². The van der Waals surface area contributed by atoms with E-state index in [4.69, 9.17) is 29.3 Å². The maximum absolute atomic E-state index is 7.80. The van der Waals surface area contributed by atoms with Crippen LogP contribution in [-0.2, 0) is 18.0 Å². The number of aromatic amines is 1. The molecule has 3 aromatic rings. The highest BCUT2D eigenvalue weighted by molar-refractivity contribution is 6.42. The van der Waals surface area contributed by atoms with Gasteiger partial charge >= 0.3 is 0 Å². The predicted molar refractivity (Wildman–Crippen MR) is 83.3 cm³/mol. The molecule has 0 aliphatic carbocycles. The summed E-state index contributed by atoms with van der Waals surface area (Å²) in [7, 11) is 0. The molecular formula is C16H13Cl2NO. The molecule has 1 aromatic heterocycles. The van der Waals surface area contributed by atoms with Crippen molar-refractivity contribution in [1.29, 1.82) is 0 Å². The highest BCUT2D eigenvalue weighted by Crippen LogP contribution is 2.23. The normalized spacial score (nSPS) is 11.8. The number of benzene rings is 2. The van der Waals surface area contributed by atoms with Gasteiger partial charge in [0.05, 0.1) is 24.6 Å². The molecule has 3 rings (SSSR count). The van der Waals surface area contributed by atoms with Gasteiger partial charge < -0.3 is 9.72 Å². The number of halogens is 2. The van der Waals surface area contributed by atoms with Gasteiger partial charge in [0.25, 0.3) is 0 Å². The van der Waals surface area contributed by atoms with E-state index in [1.807, 2.05) is 24.3 Å². The molecule has 0 atom stereocenters. The van der Waals surface area contributed by atoms with Gasteiger partial charge in [-0.25, -0.2) is 0 Å². The molecule has 20 heavy (non-hydrogen) atoms. The molecule has 1 heterocycles. The number of fused-ring (bicyclic) bond motifs is 1. The lowest BCUT2D eigenvalue weighted by Crippen LogP contribution is -1.94. The van der Waals surface area contributed by atoms with Crippen molar-refractivity contribution in [2.75, 3.05) is 0 Å². The molecule has 2 aromatic carbocycles. The maximum atomic E-state index is 7.80. The molecule has 0 aliphatic heterocycles. The fraction of sp³-hybridized carbons (Fsp3) is 0.125. The second-order valence-corrected chi connectivity index (χ2v) is 5.37. The van der Waals surface area contributed by atoms with Crippen LogP contribution in [0.5, 0.6) is 0 Å². The predicted octanol–water partition coefficient (Wildman–Crippen LogP) is 5.19. The lowest BCUT2D eigenvalue weighted by atomic mass is 10.2. The highest BCUT2D eigenvalue weighted by atomic mass is 35.5. The Hall–Kier alpha value is -1.48. The van der Waals surface area contributed by atoms with Gasteiger partial charge in [-0.05, 0) is 46.8 Å². The monoisotopic (exact) mass is 306 g/mol. The van der Waals surface area contributed by atoms with Crippen LogP contribution in [0.2, 0.25) is 10.0 Å². The van der Waals surface area contributed by atoms with Crippen LogP contribution in [0.1, 0.15) is 12.5 Å². The number of rotatable bonds is 4. The number of hydrogen-bond donors (Lipinski definition) is 1. The van der Waals surface area contributed by atoms with E-state index in [1.165, 1.54) is 0 Å². The van der Waals surface area contributed by atoms with E-state index in [0.29, 0.717) is 29.3 Å². The minimum Gasteiger partial charge on any atom is -0.372 e. The zero-order chi connectivity index (χ0) is 14.8. The van der Waals surface area contributed by atoms with Crippen molar-refractivity contribution < 1.29 is 6.11 Å². The molecule has 0 aliphatic rings. The van der Waals surface area contributed by atoms with Crippen molar-refractivity contribution >= 4 is 34.1 Å². The molecular weight excluding hydrogens is 293 g/mol. The van der Waals surface area contributed by atoms with Crippen LogP contribution in [0.15, 0.2) is 48.6 Å². The Morgan fingerprint density at radius 1 is 1.00 bits per heavy atom. The average Bonchev–Trinajstić information content (AvgIpc) is 2.84. The van der Waals surface area contributed by atoms with Gasteiger partial charge in [0.2, 0.25) is 0 Å². The molecule has 0 spiro atoms. The minimum atomic E-state index is 0.468. The average molecular weight is 307 g/mol. The van der Waals surface area contributed by atoms with E-state index in [2.05, 4.69) is 4.98 Å². The zero-order valence-electron chi connectivity index (χ0n) is 11.6. The van der Waals surface area contributed by atoms with E-state index in [9.17, 15) is 0 Å². The molecule has 0 amide bonds. The Labute approximate surface area is 128 Å². The molecule has 2 nitrogen and oxygen atoms in total. The minimum absolute atomic E-state index is 0.468. The lowest BCUT2D eigenvalue weighted by molar-refractivity contribution is 0.107. The topological polar surface area (TPSA) is 25.0 Å². The van der Waals surface area contributed by atoms with Crippen molar-refractivity contribution in [2.24, 2.45) is 0 Å². The van der Waals surface area contributed by atoms with E-state index < -0.39 is 0 Å². The Morgan fingerprint density at radius 3 is 2.55 bits per heavy atom. The highest BCUT2D eigenvalue weighted by Gasteiger charge is 2.01. The van der Waals surface area contributed by atoms with E-state index in [1.54, 1.807) is 18.3 Å². The van der Waals surface area contributed by atoms with E-state index >= 15 is 0 Å². The van der Waals surface area contributed by atoms with E-state index in [-0.39, 0.29) is 0 Å². The molecule has 1 N–H and O–H groups in total. The number of H-pyrrole nitrogens is 1. The van der Waals surface area contributed by atoms with Gasteiger partial charge in [-0.3, -0.25) is 0 Å². The number of nitrogens with one attached hydrogen (secondary N) is 1. The maximum Gasteiger partial charge on any atom is 0.0722 e. The van der Waals surface area contributed by atoms with Crippen LogP contribution in [0.4, 0.5) is 0 Å². The quantitative estimate of drug-likeness (QED) is 0.705. The molecule has 0 unspecified atom stereocenters. The Kier molecular flexibility index (Phi) is 3.61. The lowest BCUT2D eigenvalue weighted by Gasteiger charge is -2.06. The third-order valence-corrected chi connectivity index (χ3v) is 3.80. The summed E-state index contributed by atoms with van der Waals surface area (Å²) < 4.78 is 13.5. The summed E-state index contributed by atoms with van der Waals surface area (Å²) in [6.07, 6.45) is 1.69. The SMILES string of the molecule is [2H]c1c[nH]c2ccc(COCc3ccc(Cl)c(Cl)c3)cc12. The summed E-state index contributed by atoms with van der Waals surface area (Å²) in [5.41, 5.74) is 2.98. The summed E-state index contributed by atoms with van der Waals surface area (Å²) in [5, 5.41) is 1.98. The van der Waals surface area contributed by atoms with Gasteiger partial charge in [-0.15, -0.1) is 0 Å². The van der Waals surface area contributed by atoms with Gasteiger partial charge in [0.15, 0.2) is 0 Å². The van der Waals surface area contributed by atoms with Crippen LogP contribution in [0.25, 0.3) is 10.9 Å². The molecule has 0 saturated heterocycles. The van der Waals surface area contributed by atoms with Crippen LogP contribution in [0, 0.1) is 0 Å². The number of aromatic nitrogens is 1. The fourth-order valence-electron chi connectivity index (χ4n) is 2.03. The fourth-order valence-corrected chi connectivity index (χ4v) is 2.35. The Morgan fingerprint density at radius 2 is 1.75 bits per heavy atom. The van der Waals surface area contributed by atoms with Gasteiger partial charge in [0, 0.05) is 11.7 Å². The number of hydrogen-bond acceptors (Lipinski definition) is 1. The zero-order valence-corrected chi connectivity index (χ0v) is 12.1. The first kappa shape index (κ1) is 12.3. The summed E-state index contributed by atoms with van der Waals surface area (Å²) in [6, 6.07) is 11.9. The molecule has 4 heteroatoms. The summed E-state index contributed by atoms with van der Waals surface area (Å²) >= 11 is 11.8. The van der Waals surface area contributed by atoms with Gasteiger partial charge in [0.1, 0.15) is 0 Å². The van der Waals surface area contributed by atoms with Crippen LogP contribution in [-0.4, -0.2) is 4.98 Å². The molecule has 0 bridgehead atoms. The first-order valence-electron chi connectivity index (χ1n) is 6.72. The smallest absolute Gasteiger partial charge is 0.0722 e. The van der Waals surface area contributed by atoms with Crippen LogP contribution < -0.4 is 0 Å². The van der Waals surface area contributed by atoms with Crippen molar-refractivity contribution in [3.8, 4) is 0 Å². The van der Waals surface area contributed by atoms with Crippen molar-refractivity contribution in [3.63, 3.8) is 0 Å². The molecule has 0 radical (unpaired) electrons. The Balaban J connectivity index is 1.66. The third kappa shape index (κ3) is 2.98. The van der Waals surface area contributed by atoms with Gasteiger partial charge in [-0.2, -0.15) is 0 Å². The summed E-state index contributed by atoms with van der Waals surface area (Å²) in [5.74, 6) is 0. The molecule has 0 saturated carbocycles. The summed E-state index contributed by atoms with van der Waals surface area (Å²) in [4.78, 5) is 3.05. The molecule has 102 valence electrons.